The quantitative estimate of drug-likeness (QED) is 0.553. The molecule has 0 rings (SSSR count). The second kappa shape index (κ2) is 3.71. The number of likely N-dealkylation sites (N-methyl/N-ethyl adjacent to an activating group) is 1. The molecule has 0 aliphatic heterocycles. The van der Waals surface area contributed by atoms with E-state index in [-0.39, 0.29) is 5.41 Å². The second-order valence-corrected chi connectivity index (χ2v) is 3.92. The molecule has 10 heavy (non-hydrogen) atoms. The molecule has 0 bridgehead atoms. The average Bonchev–Trinajstić information content (AvgIpc) is 1.59. The molecule has 0 aromatic rings. The van der Waals surface area contributed by atoms with Crippen molar-refractivity contribution in [1.82, 2.24) is 4.90 Å². The summed E-state index contributed by atoms with van der Waals surface area (Å²) in [6.07, 6.45) is 0.936. The van der Waals surface area contributed by atoms with Crippen molar-refractivity contribution >= 4 is 6.29 Å². The monoisotopic (exact) mass is 143 g/mol. The summed E-state index contributed by atoms with van der Waals surface area (Å²) in [5.41, 5.74) is 0.289. The average molecular weight is 143 g/mol. The number of aldehydes is 1. The van der Waals surface area contributed by atoms with Crippen LogP contribution in [-0.2, 0) is 4.79 Å². The first kappa shape index (κ1) is 9.63. The van der Waals surface area contributed by atoms with Gasteiger partial charge in [0.05, 0.1) is 6.54 Å². The Labute approximate surface area is 63.2 Å². The molecular weight excluding hydrogens is 126 g/mol. The molecule has 0 radical (unpaired) electrons. The van der Waals surface area contributed by atoms with E-state index in [9.17, 15) is 4.79 Å². The van der Waals surface area contributed by atoms with Crippen molar-refractivity contribution in [2.75, 3.05) is 20.1 Å². The fourth-order valence-corrected chi connectivity index (χ4v) is 1.00. The van der Waals surface area contributed by atoms with Gasteiger partial charge in [0.25, 0.3) is 0 Å². The Morgan fingerprint density at radius 3 is 2.20 bits per heavy atom. The Hall–Kier alpha value is -0.370. The van der Waals surface area contributed by atoms with E-state index in [4.69, 9.17) is 0 Å². The molecule has 0 saturated heterocycles. The van der Waals surface area contributed by atoms with E-state index < -0.39 is 0 Å². The molecule has 0 fully saturated rings. The van der Waals surface area contributed by atoms with E-state index in [0.717, 1.165) is 12.8 Å². The Bertz CT molecular complexity index is 104. The molecule has 0 aromatic heterocycles. The molecule has 0 unspecified atom stereocenters. The highest BCUT2D eigenvalue weighted by Gasteiger charge is 2.12. The minimum absolute atomic E-state index is 0.289. The maximum absolute atomic E-state index is 10.1. The minimum atomic E-state index is 0.289. The fraction of sp³-hybridized carbons (Fsp3) is 0.875. The summed E-state index contributed by atoms with van der Waals surface area (Å²) in [6, 6.07) is 0. The van der Waals surface area contributed by atoms with Gasteiger partial charge in [-0.15, -0.1) is 0 Å². The highest BCUT2D eigenvalue weighted by atomic mass is 16.1. The van der Waals surface area contributed by atoms with Crippen LogP contribution in [0.25, 0.3) is 0 Å². The molecule has 0 aliphatic carbocycles. The van der Waals surface area contributed by atoms with Gasteiger partial charge in [-0.2, -0.15) is 0 Å². The first-order valence-corrected chi connectivity index (χ1v) is 3.58. The summed E-state index contributed by atoms with van der Waals surface area (Å²) in [7, 11) is 1.96. The molecule has 2 heteroatoms. The Kier molecular flexibility index (Phi) is 3.58. The molecule has 0 N–H and O–H groups in total. The van der Waals surface area contributed by atoms with Gasteiger partial charge in [-0.25, -0.2) is 0 Å². The number of hydrogen-bond acceptors (Lipinski definition) is 2. The topological polar surface area (TPSA) is 20.3 Å². The van der Waals surface area contributed by atoms with Gasteiger partial charge >= 0.3 is 0 Å². The highest BCUT2D eigenvalue weighted by molar-refractivity contribution is 5.51. The van der Waals surface area contributed by atoms with Gasteiger partial charge in [-0.05, 0) is 12.5 Å². The molecule has 0 heterocycles. The van der Waals surface area contributed by atoms with Crippen LogP contribution in [0, 0.1) is 5.41 Å². The largest absolute Gasteiger partial charge is 0.302 e. The van der Waals surface area contributed by atoms with Gasteiger partial charge in [-0.1, -0.05) is 20.8 Å². The van der Waals surface area contributed by atoms with Crippen LogP contribution in [0.5, 0.6) is 0 Å². The Balaban J connectivity index is 3.56. The number of hydrogen-bond donors (Lipinski definition) is 0. The van der Waals surface area contributed by atoms with Crippen molar-refractivity contribution in [3.8, 4) is 0 Å². The van der Waals surface area contributed by atoms with Crippen LogP contribution in [0.15, 0.2) is 0 Å². The lowest BCUT2D eigenvalue weighted by atomic mass is 9.96. The zero-order valence-corrected chi connectivity index (χ0v) is 7.35. The summed E-state index contributed by atoms with van der Waals surface area (Å²) in [5.74, 6) is 0. The summed E-state index contributed by atoms with van der Waals surface area (Å²) >= 11 is 0. The van der Waals surface area contributed by atoms with Crippen LogP contribution in [-0.4, -0.2) is 31.3 Å². The summed E-state index contributed by atoms with van der Waals surface area (Å²) in [6.45, 7) is 7.99. The first-order valence-electron chi connectivity index (χ1n) is 3.58. The molecule has 2 nitrogen and oxygen atoms in total. The van der Waals surface area contributed by atoms with Crippen molar-refractivity contribution in [3.05, 3.63) is 0 Å². The zero-order chi connectivity index (χ0) is 8.20. The molecule has 60 valence electrons. The maximum atomic E-state index is 10.1. The van der Waals surface area contributed by atoms with E-state index >= 15 is 0 Å². The van der Waals surface area contributed by atoms with Crippen LogP contribution < -0.4 is 0 Å². The SMILES string of the molecule is CN(CC=O)CC(C)(C)C. The zero-order valence-electron chi connectivity index (χ0n) is 7.35. The second-order valence-electron chi connectivity index (χ2n) is 3.92. The lowest BCUT2D eigenvalue weighted by Crippen LogP contribution is -2.30. The smallest absolute Gasteiger partial charge is 0.133 e. The Morgan fingerprint density at radius 1 is 1.40 bits per heavy atom. The summed E-state index contributed by atoms with van der Waals surface area (Å²) in [5, 5.41) is 0. The van der Waals surface area contributed by atoms with Gasteiger partial charge in [0.2, 0.25) is 0 Å². The predicted octanol–water partition coefficient (Wildman–Crippen LogP) is 1.16. The summed E-state index contributed by atoms with van der Waals surface area (Å²) < 4.78 is 0. The molecule has 0 aromatic carbocycles. The van der Waals surface area contributed by atoms with Crippen LogP contribution >= 0.6 is 0 Å². The van der Waals surface area contributed by atoms with Gasteiger partial charge in [0, 0.05) is 6.54 Å². The van der Waals surface area contributed by atoms with Gasteiger partial charge < -0.3 is 4.79 Å². The van der Waals surface area contributed by atoms with Crippen molar-refractivity contribution in [1.29, 1.82) is 0 Å². The normalized spacial score (nSPS) is 12.1. The molecule has 0 amide bonds. The first-order chi connectivity index (χ1) is 4.45. The van der Waals surface area contributed by atoms with Crippen molar-refractivity contribution in [2.45, 2.75) is 20.8 Å². The predicted molar refractivity (Wildman–Crippen MR) is 43.0 cm³/mol. The Morgan fingerprint density at radius 2 is 1.90 bits per heavy atom. The number of rotatable bonds is 3. The lowest BCUT2D eigenvalue weighted by molar-refractivity contribution is -0.108. The van der Waals surface area contributed by atoms with Crippen LogP contribution in [0.1, 0.15) is 20.8 Å². The van der Waals surface area contributed by atoms with Crippen LogP contribution in [0.2, 0.25) is 0 Å². The molecule has 0 spiro atoms. The van der Waals surface area contributed by atoms with E-state index in [2.05, 4.69) is 20.8 Å². The molecule has 0 aliphatic rings. The van der Waals surface area contributed by atoms with Crippen molar-refractivity contribution in [2.24, 2.45) is 5.41 Å². The van der Waals surface area contributed by atoms with E-state index in [1.54, 1.807) is 0 Å². The number of carbonyl (C=O) groups excluding carboxylic acids is 1. The third-order valence-electron chi connectivity index (χ3n) is 1.13. The fourth-order valence-electron chi connectivity index (χ4n) is 1.00. The van der Waals surface area contributed by atoms with Gasteiger partial charge in [0.1, 0.15) is 6.29 Å². The van der Waals surface area contributed by atoms with Gasteiger partial charge in [0.15, 0.2) is 0 Å². The van der Waals surface area contributed by atoms with E-state index in [0.29, 0.717) is 6.54 Å². The molecule has 0 atom stereocenters. The minimum Gasteiger partial charge on any atom is -0.302 e. The van der Waals surface area contributed by atoms with Crippen molar-refractivity contribution in [3.63, 3.8) is 0 Å². The van der Waals surface area contributed by atoms with Crippen LogP contribution in [0.4, 0.5) is 0 Å². The number of nitrogens with zero attached hydrogens (tertiary/aromatic N) is 1. The van der Waals surface area contributed by atoms with E-state index in [1.165, 1.54) is 0 Å². The van der Waals surface area contributed by atoms with Crippen molar-refractivity contribution < 1.29 is 4.79 Å². The standard InChI is InChI=1S/C8H17NO/c1-8(2,3)7-9(4)5-6-10/h6H,5,7H2,1-4H3. The third-order valence-corrected chi connectivity index (χ3v) is 1.13. The maximum Gasteiger partial charge on any atom is 0.133 e. The van der Waals surface area contributed by atoms with Gasteiger partial charge in [-0.3, -0.25) is 4.90 Å². The summed E-state index contributed by atoms with van der Waals surface area (Å²) in [4.78, 5) is 12.1. The molecular formula is C8H17NO. The number of carbonyl (C=O) groups is 1. The third kappa shape index (κ3) is 5.76. The highest BCUT2D eigenvalue weighted by Crippen LogP contribution is 2.13. The van der Waals surface area contributed by atoms with Crippen LogP contribution in [0.3, 0.4) is 0 Å². The molecule has 0 saturated carbocycles. The van der Waals surface area contributed by atoms with E-state index in [1.807, 2.05) is 11.9 Å². The lowest BCUT2D eigenvalue weighted by Gasteiger charge is -2.24.